The maximum atomic E-state index is 12.9. The Balaban J connectivity index is 1.54. The third kappa shape index (κ3) is 2.84. The van der Waals surface area contributed by atoms with Crippen LogP contribution in [0.25, 0.3) is 16.7 Å². The molecule has 0 spiro atoms. The molecular formula is C21H19N5O. The monoisotopic (exact) mass is 357 g/mol. The average Bonchev–Trinajstić information content (AvgIpc) is 3.13. The zero-order valence-corrected chi connectivity index (χ0v) is 14.8. The van der Waals surface area contributed by atoms with Crippen LogP contribution >= 0.6 is 0 Å². The highest BCUT2D eigenvalue weighted by Gasteiger charge is 2.22. The third-order valence-electron chi connectivity index (χ3n) is 5.02. The fraction of sp³-hybridized carbons (Fsp3) is 0.190. The van der Waals surface area contributed by atoms with E-state index < -0.39 is 0 Å². The van der Waals surface area contributed by atoms with Crippen LogP contribution < -0.4 is 5.56 Å². The standard InChI is InChI=1S/C21H19N5O/c27-21-18-13-22-26(17-9-5-2-6-10-17)20(18)23-19-15-24(11-12-25(19)21)14-16-7-3-1-4-8-16/h1-10,13H,11-12,14-15H2. The van der Waals surface area contributed by atoms with Crippen molar-refractivity contribution in [2.75, 3.05) is 6.54 Å². The minimum absolute atomic E-state index is 0.00320. The van der Waals surface area contributed by atoms with Gasteiger partial charge in [0.2, 0.25) is 0 Å². The van der Waals surface area contributed by atoms with Crippen LogP contribution in [0.1, 0.15) is 11.4 Å². The Morgan fingerprint density at radius 3 is 2.44 bits per heavy atom. The number of para-hydroxylation sites is 1. The van der Waals surface area contributed by atoms with E-state index in [9.17, 15) is 4.79 Å². The summed E-state index contributed by atoms with van der Waals surface area (Å²) < 4.78 is 3.54. The summed E-state index contributed by atoms with van der Waals surface area (Å²) >= 11 is 0. The van der Waals surface area contributed by atoms with Crippen molar-refractivity contribution in [3.8, 4) is 5.69 Å². The van der Waals surface area contributed by atoms with Crippen LogP contribution in [0.2, 0.25) is 0 Å². The molecule has 0 fully saturated rings. The van der Waals surface area contributed by atoms with Crippen molar-refractivity contribution in [2.24, 2.45) is 0 Å². The maximum absolute atomic E-state index is 12.9. The Kier molecular flexibility index (Phi) is 3.83. The van der Waals surface area contributed by atoms with Gasteiger partial charge >= 0.3 is 0 Å². The van der Waals surface area contributed by atoms with Crippen LogP contribution in [0.4, 0.5) is 0 Å². The van der Waals surface area contributed by atoms with Gasteiger partial charge in [-0.15, -0.1) is 0 Å². The first-order valence-electron chi connectivity index (χ1n) is 9.09. The van der Waals surface area contributed by atoms with Crippen LogP contribution in [0, 0.1) is 0 Å². The van der Waals surface area contributed by atoms with Gasteiger partial charge in [-0.05, 0) is 17.7 Å². The second kappa shape index (κ2) is 6.48. The van der Waals surface area contributed by atoms with Crippen molar-refractivity contribution >= 4 is 11.0 Å². The van der Waals surface area contributed by atoms with Crippen molar-refractivity contribution in [1.29, 1.82) is 0 Å². The smallest absolute Gasteiger partial charge is 0.264 e. The normalized spacial score (nSPS) is 14.4. The average molecular weight is 357 g/mol. The van der Waals surface area contributed by atoms with Crippen molar-refractivity contribution < 1.29 is 0 Å². The molecule has 5 rings (SSSR count). The van der Waals surface area contributed by atoms with E-state index >= 15 is 0 Å². The van der Waals surface area contributed by atoms with Crippen molar-refractivity contribution in [2.45, 2.75) is 19.6 Å². The van der Waals surface area contributed by atoms with E-state index in [-0.39, 0.29) is 5.56 Å². The molecule has 0 radical (unpaired) electrons. The number of hydrogen-bond donors (Lipinski definition) is 0. The van der Waals surface area contributed by atoms with Crippen molar-refractivity contribution in [1.82, 2.24) is 24.2 Å². The molecule has 0 aliphatic carbocycles. The minimum atomic E-state index is -0.00320. The minimum Gasteiger partial charge on any atom is -0.294 e. The van der Waals surface area contributed by atoms with E-state index in [1.165, 1.54) is 5.56 Å². The van der Waals surface area contributed by atoms with Gasteiger partial charge in [0, 0.05) is 19.6 Å². The van der Waals surface area contributed by atoms with E-state index in [0.717, 1.165) is 24.6 Å². The molecule has 6 heteroatoms. The molecule has 134 valence electrons. The van der Waals surface area contributed by atoms with E-state index in [1.54, 1.807) is 15.4 Å². The summed E-state index contributed by atoms with van der Waals surface area (Å²) in [6.07, 6.45) is 1.63. The highest BCUT2D eigenvalue weighted by Crippen LogP contribution is 2.18. The summed E-state index contributed by atoms with van der Waals surface area (Å²) in [6, 6.07) is 20.2. The first kappa shape index (κ1) is 16.0. The van der Waals surface area contributed by atoms with E-state index in [1.807, 2.05) is 36.4 Å². The maximum Gasteiger partial charge on any atom is 0.264 e. The van der Waals surface area contributed by atoms with Crippen molar-refractivity contribution in [3.63, 3.8) is 0 Å². The van der Waals surface area contributed by atoms with E-state index in [0.29, 0.717) is 24.1 Å². The van der Waals surface area contributed by atoms with Crippen molar-refractivity contribution in [3.05, 3.63) is 88.6 Å². The number of benzene rings is 2. The SMILES string of the molecule is O=c1c2cnn(-c3ccccc3)c2nc2n1CCN(Cc1ccccc1)C2. The Morgan fingerprint density at radius 1 is 0.926 bits per heavy atom. The Labute approximate surface area is 156 Å². The van der Waals surface area contributed by atoms with Gasteiger partial charge in [0.05, 0.1) is 18.4 Å². The lowest BCUT2D eigenvalue weighted by molar-refractivity contribution is 0.204. The van der Waals surface area contributed by atoms with Crippen LogP contribution in [0.15, 0.2) is 71.7 Å². The Morgan fingerprint density at radius 2 is 1.67 bits per heavy atom. The summed E-state index contributed by atoms with van der Waals surface area (Å²) in [7, 11) is 0. The van der Waals surface area contributed by atoms with Gasteiger partial charge in [0.25, 0.3) is 5.56 Å². The molecule has 3 heterocycles. The second-order valence-corrected chi connectivity index (χ2v) is 6.81. The van der Waals surface area contributed by atoms with Gasteiger partial charge in [0.1, 0.15) is 11.2 Å². The highest BCUT2D eigenvalue weighted by molar-refractivity contribution is 5.75. The van der Waals surface area contributed by atoms with Gasteiger partial charge in [-0.1, -0.05) is 48.5 Å². The lowest BCUT2D eigenvalue weighted by Crippen LogP contribution is -2.39. The molecular weight excluding hydrogens is 338 g/mol. The summed E-state index contributed by atoms with van der Waals surface area (Å²) in [5, 5.41) is 4.98. The fourth-order valence-corrected chi connectivity index (χ4v) is 3.65. The zero-order valence-electron chi connectivity index (χ0n) is 14.8. The lowest BCUT2D eigenvalue weighted by atomic mass is 10.2. The van der Waals surface area contributed by atoms with Crippen LogP contribution in [-0.2, 0) is 19.6 Å². The summed E-state index contributed by atoms with van der Waals surface area (Å²) in [5.41, 5.74) is 2.79. The molecule has 0 unspecified atom stereocenters. The second-order valence-electron chi connectivity index (χ2n) is 6.81. The number of fused-ring (bicyclic) bond motifs is 2. The lowest BCUT2D eigenvalue weighted by Gasteiger charge is -2.29. The molecule has 2 aromatic carbocycles. The summed E-state index contributed by atoms with van der Waals surface area (Å²) in [6.45, 7) is 3.00. The van der Waals surface area contributed by atoms with E-state index in [2.05, 4.69) is 34.3 Å². The molecule has 6 nitrogen and oxygen atoms in total. The molecule has 1 aliphatic heterocycles. The molecule has 4 aromatic rings. The van der Waals surface area contributed by atoms with Crippen LogP contribution in [-0.4, -0.2) is 30.8 Å². The quantitative estimate of drug-likeness (QED) is 0.566. The molecule has 0 saturated heterocycles. The molecule has 0 amide bonds. The number of nitrogens with zero attached hydrogens (tertiary/aromatic N) is 5. The largest absolute Gasteiger partial charge is 0.294 e. The predicted molar refractivity (Wildman–Crippen MR) is 104 cm³/mol. The number of hydrogen-bond acceptors (Lipinski definition) is 4. The molecule has 0 bridgehead atoms. The molecule has 0 N–H and O–H groups in total. The van der Waals surface area contributed by atoms with Gasteiger partial charge in [-0.3, -0.25) is 14.3 Å². The van der Waals surface area contributed by atoms with E-state index in [4.69, 9.17) is 4.98 Å². The molecule has 0 saturated carbocycles. The molecule has 2 aromatic heterocycles. The molecule has 0 atom stereocenters. The van der Waals surface area contributed by atoms with Gasteiger partial charge in [-0.2, -0.15) is 5.10 Å². The highest BCUT2D eigenvalue weighted by atomic mass is 16.1. The zero-order chi connectivity index (χ0) is 18.2. The van der Waals surface area contributed by atoms with Crippen LogP contribution in [0.3, 0.4) is 0 Å². The van der Waals surface area contributed by atoms with Gasteiger partial charge in [-0.25, -0.2) is 9.67 Å². The summed E-state index contributed by atoms with van der Waals surface area (Å²) in [4.78, 5) is 20.1. The molecule has 27 heavy (non-hydrogen) atoms. The Hall–Kier alpha value is -3.25. The molecule has 1 aliphatic rings. The summed E-state index contributed by atoms with van der Waals surface area (Å²) in [5.74, 6) is 0.798. The predicted octanol–water partition coefficient (Wildman–Crippen LogP) is 2.60. The number of aromatic nitrogens is 4. The fourth-order valence-electron chi connectivity index (χ4n) is 3.65. The first-order chi connectivity index (χ1) is 13.3. The van der Waals surface area contributed by atoms with Gasteiger partial charge in [0.15, 0.2) is 5.65 Å². The first-order valence-corrected chi connectivity index (χ1v) is 9.09. The Bertz CT molecular complexity index is 1150. The topological polar surface area (TPSA) is 56.0 Å². The third-order valence-corrected chi connectivity index (χ3v) is 5.02. The number of rotatable bonds is 3. The van der Waals surface area contributed by atoms with Crippen LogP contribution in [0.5, 0.6) is 0 Å². The van der Waals surface area contributed by atoms with Gasteiger partial charge < -0.3 is 0 Å².